The number of nitrogens with one attached hydrogen (secondary N) is 1. The number of amides is 1. The molecule has 1 aromatic carbocycles. The van der Waals surface area contributed by atoms with Crippen molar-refractivity contribution in [2.75, 3.05) is 0 Å². The number of aryl methyl sites for hydroxylation is 1. The molecule has 4 rings (SSSR count). The summed E-state index contributed by atoms with van der Waals surface area (Å²) >= 11 is 0. The molecule has 1 unspecified atom stereocenters. The van der Waals surface area contributed by atoms with E-state index in [2.05, 4.69) is 20.4 Å². The van der Waals surface area contributed by atoms with Crippen molar-refractivity contribution in [3.63, 3.8) is 0 Å². The van der Waals surface area contributed by atoms with Crippen LogP contribution in [0.25, 0.3) is 22.4 Å². The van der Waals surface area contributed by atoms with Gasteiger partial charge in [-0.1, -0.05) is 23.4 Å². The highest BCUT2D eigenvalue weighted by molar-refractivity contribution is 5.79. The fraction of sp³-hybridized carbons (Fsp3) is 0.200. The van der Waals surface area contributed by atoms with Gasteiger partial charge < -0.3 is 14.3 Å². The Bertz CT molecular complexity index is 1020. The van der Waals surface area contributed by atoms with Crippen LogP contribution in [0.4, 0.5) is 0 Å². The zero-order chi connectivity index (χ0) is 18.6. The molecule has 0 fully saturated rings. The minimum Gasteiger partial charge on any atom is -0.459 e. The standard InChI is InChI=1S/C20H18N4O3/c1-13(17-12-15-4-2-3-5-16(15)26-17)22-18(25)6-7-19-23-20(24-27-19)14-8-10-21-11-9-14/h2-5,8-13H,6-7H2,1H3,(H,22,25). The molecular formula is C20H18N4O3. The lowest BCUT2D eigenvalue weighted by Crippen LogP contribution is -2.26. The zero-order valence-electron chi connectivity index (χ0n) is 14.8. The molecule has 0 bridgehead atoms. The van der Waals surface area contributed by atoms with Crippen LogP contribution in [-0.4, -0.2) is 21.0 Å². The van der Waals surface area contributed by atoms with E-state index in [1.807, 2.05) is 37.3 Å². The molecule has 0 aliphatic carbocycles. The van der Waals surface area contributed by atoms with Gasteiger partial charge in [0, 0.05) is 36.2 Å². The van der Waals surface area contributed by atoms with E-state index in [1.165, 1.54) is 0 Å². The number of para-hydroxylation sites is 1. The van der Waals surface area contributed by atoms with E-state index < -0.39 is 0 Å². The molecule has 7 nitrogen and oxygen atoms in total. The van der Waals surface area contributed by atoms with Gasteiger partial charge >= 0.3 is 0 Å². The van der Waals surface area contributed by atoms with Crippen molar-refractivity contribution in [2.24, 2.45) is 0 Å². The minimum absolute atomic E-state index is 0.105. The number of furan rings is 1. The minimum atomic E-state index is -0.222. The van der Waals surface area contributed by atoms with Crippen LogP contribution in [0.5, 0.6) is 0 Å². The molecule has 3 heterocycles. The van der Waals surface area contributed by atoms with E-state index in [-0.39, 0.29) is 18.4 Å². The van der Waals surface area contributed by atoms with Crippen LogP contribution in [0.2, 0.25) is 0 Å². The summed E-state index contributed by atoms with van der Waals surface area (Å²) in [5.41, 5.74) is 1.63. The molecule has 0 saturated carbocycles. The van der Waals surface area contributed by atoms with Gasteiger partial charge in [0.1, 0.15) is 11.3 Å². The van der Waals surface area contributed by atoms with E-state index >= 15 is 0 Å². The third kappa shape index (κ3) is 3.87. The number of carbonyl (C=O) groups is 1. The third-order valence-electron chi connectivity index (χ3n) is 4.22. The van der Waals surface area contributed by atoms with Crippen molar-refractivity contribution in [3.05, 3.63) is 66.5 Å². The van der Waals surface area contributed by atoms with Gasteiger partial charge in [0.2, 0.25) is 17.6 Å². The largest absolute Gasteiger partial charge is 0.459 e. The molecule has 1 amide bonds. The maximum Gasteiger partial charge on any atom is 0.227 e. The summed E-state index contributed by atoms with van der Waals surface area (Å²) in [5.74, 6) is 1.53. The number of aromatic nitrogens is 3. The monoisotopic (exact) mass is 362 g/mol. The summed E-state index contributed by atoms with van der Waals surface area (Å²) in [4.78, 5) is 20.5. The Morgan fingerprint density at radius 3 is 2.81 bits per heavy atom. The molecule has 7 heteroatoms. The summed E-state index contributed by atoms with van der Waals surface area (Å²) < 4.78 is 11.0. The molecule has 1 N–H and O–H groups in total. The molecule has 136 valence electrons. The van der Waals surface area contributed by atoms with Gasteiger partial charge in [-0.3, -0.25) is 9.78 Å². The van der Waals surface area contributed by atoms with E-state index in [1.54, 1.807) is 24.5 Å². The maximum atomic E-state index is 12.2. The molecule has 0 radical (unpaired) electrons. The number of hydrogen-bond acceptors (Lipinski definition) is 6. The molecule has 0 spiro atoms. The number of carbonyl (C=O) groups excluding carboxylic acids is 1. The lowest BCUT2D eigenvalue weighted by molar-refractivity contribution is -0.121. The second-order valence-corrected chi connectivity index (χ2v) is 6.22. The SMILES string of the molecule is CC(NC(=O)CCc1nc(-c2ccncc2)no1)c1cc2ccccc2o1. The molecule has 4 aromatic rings. The van der Waals surface area contributed by atoms with Crippen molar-refractivity contribution in [1.82, 2.24) is 20.4 Å². The average Bonchev–Trinajstić information content (AvgIpc) is 3.34. The highest BCUT2D eigenvalue weighted by atomic mass is 16.5. The number of pyridine rings is 1. The van der Waals surface area contributed by atoms with Crippen molar-refractivity contribution in [2.45, 2.75) is 25.8 Å². The number of hydrogen-bond donors (Lipinski definition) is 1. The molecule has 0 saturated heterocycles. The Balaban J connectivity index is 1.33. The molecule has 27 heavy (non-hydrogen) atoms. The summed E-state index contributed by atoms with van der Waals surface area (Å²) in [6.45, 7) is 1.89. The first kappa shape index (κ1) is 17.0. The first-order valence-corrected chi connectivity index (χ1v) is 8.70. The lowest BCUT2D eigenvalue weighted by Gasteiger charge is -2.10. The maximum absolute atomic E-state index is 12.2. The Morgan fingerprint density at radius 1 is 1.19 bits per heavy atom. The normalized spacial score (nSPS) is 12.2. The molecule has 0 aliphatic rings. The molecule has 3 aromatic heterocycles. The number of rotatable bonds is 6. The highest BCUT2D eigenvalue weighted by Gasteiger charge is 2.15. The summed E-state index contributed by atoms with van der Waals surface area (Å²) in [6.07, 6.45) is 3.95. The van der Waals surface area contributed by atoms with Gasteiger partial charge in [0.05, 0.1) is 6.04 Å². The highest BCUT2D eigenvalue weighted by Crippen LogP contribution is 2.23. The first-order valence-electron chi connectivity index (χ1n) is 8.70. The predicted octanol–water partition coefficient (Wildman–Crippen LogP) is 3.69. The van der Waals surface area contributed by atoms with Crippen molar-refractivity contribution in [3.8, 4) is 11.4 Å². The topological polar surface area (TPSA) is 94.1 Å². The van der Waals surface area contributed by atoms with Crippen LogP contribution < -0.4 is 5.32 Å². The quantitative estimate of drug-likeness (QED) is 0.562. The average molecular weight is 362 g/mol. The van der Waals surface area contributed by atoms with Crippen LogP contribution in [0, 0.1) is 0 Å². The van der Waals surface area contributed by atoms with Crippen LogP contribution in [0.15, 0.2) is 63.8 Å². The van der Waals surface area contributed by atoms with Gasteiger partial charge in [-0.15, -0.1) is 0 Å². The Kier molecular flexibility index (Phi) is 4.65. The zero-order valence-corrected chi connectivity index (χ0v) is 14.8. The number of benzene rings is 1. The Hall–Kier alpha value is -3.48. The lowest BCUT2D eigenvalue weighted by atomic mass is 10.2. The van der Waals surface area contributed by atoms with E-state index in [4.69, 9.17) is 8.94 Å². The van der Waals surface area contributed by atoms with E-state index in [0.29, 0.717) is 18.1 Å². The molecular weight excluding hydrogens is 344 g/mol. The van der Waals surface area contributed by atoms with Crippen molar-refractivity contribution in [1.29, 1.82) is 0 Å². The van der Waals surface area contributed by atoms with Gasteiger partial charge in [-0.25, -0.2) is 0 Å². The van der Waals surface area contributed by atoms with Crippen LogP contribution >= 0.6 is 0 Å². The van der Waals surface area contributed by atoms with E-state index in [9.17, 15) is 4.79 Å². The summed E-state index contributed by atoms with van der Waals surface area (Å²) in [6, 6.07) is 13.1. The Labute approximate surface area is 155 Å². The Morgan fingerprint density at radius 2 is 2.00 bits per heavy atom. The van der Waals surface area contributed by atoms with Gasteiger partial charge in [0.15, 0.2) is 0 Å². The predicted molar refractivity (Wildman–Crippen MR) is 98.6 cm³/mol. The summed E-state index contributed by atoms with van der Waals surface area (Å²) in [7, 11) is 0. The fourth-order valence-corrected chi connectivity index (χ4v) is 2.80. The van der Waals surface area contributed by atoms with Crippen molar-refractivity contribution >= 4 is 16.9 Å². The van der Waals surface area contributed by atoms with Crippen LogP contribution in [0.1, 0.15) is 31.0 Å². The fourth-order valence-electron chi connectivity index (χ4n) is 2.80. The van der Waals surface area contributed by atoms with Crippen molar-refractivity contribution < 1.29 is 13.7 Å². The smallest absolute Gasteiger partial charge is 0.227 e. The molecule has 0 aliphatic heterocycles. The third-order valence-corrected chi connectivity index (χ3v) is 4.22. The first-order chi connectivity index (χ1) is 13.2. The van der Waals surface area contributed by atoms with Crippen LogP contribution in [-0.2, 0) is 11.2 Å². The number of nitrogens with zero attached hydrogens (tertiary/aromatic N) is 3. The summed E-state index contributed by atoms with van der Waals surface area (Å²) in [5, 5.41) is 7.89. The molecule has 1 atom stereocenters. The second-order valence-electron chi connectivity index (χ2n) is 6.22. The van der Waals surface area contributed by atoms with Gasteiger partial charge in [0.25, 0.3) is 0 Å². The van der Waals surface area contributed by atoms with E-state index in [0.717, 1.165) is 22.3 Å². The second kappa shape index (κ2) is 7.41. The van der Waals surface area contributed by atoms with Gasteiger partial charge in [-0.05, 0) is 31.2 Å². The number of fused-ring (bicyclic) bond motifs is 1. The van der Waals surface area contributed by atoms with Crippen LogP contribution in [0.3, 0.4) is 0 Å². The van der Waals surface area contributed by atoms with Gasteiger partial charge in [-0.2, -0.15) is 4.98 Å².